The molecular weight excluding hydrogens is 773 g/mol. The van der Waals surface area contributed by atoms with E-state index in [0.29, 0.717) is 0 Å². The predicted octanol–water partition coefficient (Wildman–Crippen LogP) is 13.6. The fraction of sp³-hybridized carbons (Fsp3) is 0.200. The average Bonchev–Trinajstić information content (AvgIpc) is 3.52. The van der Waals surface area contributed by atoms with E-state index in [0.717, 1.165) is 18.5 Å². The summed E-state index contributed by atoms with van der Waals surface area (Å²) in [6.07, 6.45) is 2.14. The highest BCUT2D eigenvalue weighted by Gasteiger charge is 2.60. The van der Waals surface area contributed by atoms with Gasteiger partial charge in [-0.2, -0.15) is 0 Å². The van der Waals surface area contributed by atoms with Crippen LogP contribution in [0.2, 0.25) is 0 Å². The molecule has 8 aromatic carbocycles. The number of benzene rings is 8. The molecule has 4 aliphatic rings. The van der Waals surface area contributed by atoms with Crippen LogP contribution >= 0.6 is 0 Å². The first-order chi connectivity index (χ1) is 31.0. The second-order valence-corrected chi connectivity index (χ2v) is 20.2. The summed E-state index contributed by atoms with van der Waals surface area (Å²) >= 11 is 0. The van der Waals surface area contributed by atoms with Gasteiger partial charge in [-0.05, 0) is 137 Å². The topological polar surface area (TPSA) is 9.72 Å². The molecule has 0 aromatic heterocycles. The first kappa shape index (κ1) is 38.9. The Labute approximate surface area is 379 Å². The lowest BCUT2D eigenvalue weighted by atomic mass is 9.33. The molecule has 0 saturated carbocycles. The first-order valence-electron chi connectivity index (χ1n) is 23.2. The minimum atomic E-state index is -0.367. The second kappa shape index (κ2) is 13.9. The Bertz CT molecular complexity index is 3180. The number of para-hydroxylation sites is 3. The van der Waals surface area contributed by atoms with Crippen molar-refractivity contribution in [1.82, 2.24) is 0 Å². The van der Waals surface area contributed by atoms with E-state index in [1.165, 1.54) is 101 Å². The molecule has 0 spiro atoms. The van der Waals surface area contributed by atoms with E-state index in [-0.39, 0.29) is 23.1 Å². The highest BCUT2D eigenvalue weighted by molar-refractivity contribution is 7.00. The first-order valence-corrected chi connectivity index (χ1v) is 23.2. The van der Waals surface area contributed by atoms with Crippen molar-refractivity contribution in [2.75, 3.05) is 14.7 Å². The van der Waals surface area contributed by atoms with Gasteiger partial charge in [0.1, 0.15) is 0 Å². The van der Waals surface area contributed by atoms with Crippen LogP contribution in [-0.4, -0.2) is 6.71 Å². The molecule has 12 rings (SSSR count). The molecule has 64 heavy (non-hydrogen) atoms. The number of rotatable bonds is 4. The maximum absolute atomic E-state index is 2.78. The smallest absolute Gasteiger partial charge is 0.252 e. The molecule has 1 aliphatic carbocycles. The van der Waals surface area contributed by atoms with Gasteiger partial charge in [0.2, 0.25) is 0 Å². The van der Waals surface area contributed by atoms with Gasteiger partial charge >= 0.3 is 0 Å². The number of nitrogens with zero attached hydrogens (tertiary/aromatic N) is 3. The minimum Gasteiger partial charge on any atom is -0.330 e. The lowest BCUT2D eigenvalue weighted by Gasteiger charge is -2.52. The third-order valence-corrected chi connectivity index (χ3v) is 15.6. The Morgan fingerprint density at radius 3 is 1.84 bits per heavy atom. The summed E-state index contributed by atoms with van der Waals surface area (Å²) in [6.45, 7) is 16.7. The third kappa shape index (κ3) is 5.35. The maximum Gasteiger partial charge on any atom is 0.252 e. The van der Waals surface area contributed by atoms with E-state index in [1.807, 2.05) is 0 Å². The Kier molecular flexibility index (Phi) is 8.42. The van der Waals surface area contributed by atoms with Gasteiger partial charge in [-0.15, -0.1) is 0 Å². The molecule has 0 saturated heterocycles. The Morgan fingerprint density at radius 1 is 0.531 bits per heavy atom. The Balaban J connectivity index is 1.23. The number of aryl methyl sites for hydroxylation is 3. The standard InChI is InChI=1S/C60H54BN3/c1-39-34-40(2)57-48(35-39)59(6)33-32-42-22-14-15-25-47(42)60(59,7)64(57)45-37-54-56-55(38-45)63(51-31-30-43(58(3,4)5)36-46(51)41-20-10-8-11-21-41)53-29-19-17-27-50(53)61(56)49-26-16-18-28-52(49)62(54)44-23-12-9-13-24-44/h8-31,34-38H,32-33H2,1-7H3. The summed E-state index contributed by atoms with van der Waals surface area (Å²) in [4.78, 5) is 7.95. The van der Waals surface area contributed by atoms with Gasteiger partial charge < -0.3 is 14.7 Å². The molecule has 3 aliphatic heterocycles. The van der Waals surface area contributed by atoms with Gasteiger partial charge in [-0.1, -0.05) is 161 Å². The molecular formula is C60H54BN3. The van der Waals surface area contributed by atoms with E-state index >= 15 is 0 Å². The van der Waals surface area contributed by atoms with E-state index in [1.54, 1.807) is 0 Å². The van der Waals surface area contributed by atoms with Crippen LogP contribution in [0.3, 0.4) is 0 Å². The normalized spacial score (nSPS) is 19.0. The van der Waals surface area contributed by atoms with Crippen LogP contribution in [0.1, 0.15) is 74.4 Å². The van der Waals surface area contributed by atoms with Gasteiger partial charge in [-0.3, -0.25) is 0 Å². The van der Waals surface area contributed by atoms with Crippen molar-refractivity contribution < 1.29 is 0 Å². The SMILES string of the molecule is Cc1cc(C)c2c(c1)C1(C)CCc3ccccc3C1(C)N2c1cc2c3c(c1)N(c1ccc(C(C)(C)C)cc1-c1ccccc1)c1ccccc1B3c1ccccc1N2c1ccccc1. The number of anilines is 8. The molecule has 2 unspecified atom stereocenters. The molecule has 312 valence electrons. The second-order valence-electron chi connectivity index (χ2n) is 20.2. The molecule has 0 amide bonds. The molecule has 8 aromatic rings. The van der Waals surface area contributed by atoms with Crippen molar-refractivity contribution in [2.45, 2.75) is 77.7 Å². The molecule has 0 N–H and O–H groups in total. The van der Waals surface area contributed by atoms with Crippen molar-refractivity contribution in [1.29, 1.82) is 0 Å². The van der Waals surface area contributed by atoms with E-state index in [2.05, 4.69) is 239 Å². The number of hydrogen-bond donors (Lipinski definition) is 0. The summed E-state index contributed by atoms with van der Waals surface area (Å²) in [5, 5.41) is 0. The fourth-order valence-electron chi connectivity index (χ4n) is 12.4. The van der Waals surface area contributed by atoms with E-state index in [9.17, 15) is 0 Å². The lowest BCUT2D eigenvalue weighted by molar-refractivity contribution is 0.245. The molecule has 3 nitrogen and oxygen atoms in total. The lowest BCUT2D eigenvalue weighted by Crippen LogP contribution is -2.61. The quantitative estimate of drug-likeness (QED) is 0.164. The van der Waals surface area contributed by atoms with Crippen LogP contribution in [0, 0.1) is 13.8 Å². The largest absolute Gasteiger partial charge is 0.330 e. The highest BCUT2D eigenvalue weighted by atomic mass is 15.3. The summed E-state index contributed by atoms with van der Waals surface area (Å²) in [6, 6.07) is 66.9. The highest BCUT2D eigenvalue weighted by Crippen LogP contribution is 2.65. The zero-order valence-corrected chi connectivity index (χ0v) is 38.1. The number of fused-ring (bicyclic) bond motifs is 9. The van der Waals surface area contributed by atoms with Crippen molar-refractivity contribution in [3.8, 4) is 11.1 Å². The van der Waals surface area contributed by atoms with Gasteiger partial charge in [0.15, 0.2) is 0 Å². The van der Waals surface area contributed by atoms with Crippen molar-refractivity contribution in [3.63, 3.8) is 0 Å². The Morgan fingerprint density at radius 2 is 1.14 bits per heavy atom. The molecule has 2 atom stereocenters. The van der Waals surface area contributed by atoms with Gasteiger partial charge in [0, 0.05) is 50.8 Å². The minimum absolute atomic E-state index is 0.0241. The van der Waals surface area contributed by atoms with Crippen LogP contribution in [0.5, 0.6) is 0 Å². The monoisotopic (exact) mass is 827 g/mol. The predicted molar refractivity (Wildman–Crippen MR) is 272 cm³/mol. The van der Waals surface area contributed by atoms with E-state index in [4.69, 9.17) is 0 Å². The van der Waals surface area contributed by atoms with Crippen molar-refractivity contribution in [3.05, 3.63) is 209 Å². The Hall–Kier alpha value is -6.78. The molecule has 0 radical (unpaired) electrons. The fourth-order valence-corrected chi connectivity index (χ4v) is 12.4. The van der Waals surface area contributed by atoms with Crippen LogP contribution in [0.25, 0.3) is 11.1 Å². The van der Waals surface area contributed by atoms with Crippen molar-refractivity contribution in [2.24, 2.45) is 0 Å². The van der Waals surface area contributed by atoms with E-state index < -0.39 is 0 Å². The number of hydrogen-bond acceptors (Lipinski definition) is 3. The molecule has 3 heterocycles. The summed E-state index contributed by atoms with van der Waals surface area (Å²) in [5.74, 6) is 0. The average molecular weight is 828 g/mol. The summed E-state index contributed by atoms with van der Waals surface area (Å²) in [5.41, 5.74) is 24.0. The molecule has 0 fully saturated rings. The van der Waals surface area contributed by atoms with Crippen LogP contribution in [0.4, 0.5) is 45.5 Å². The summed E-state index contributed by atoms with van der Waals surface area (Å²) < 4.78 is 0. The summed E-state index contributed by atoms with van der Waals surface area (Å²) in [7, 11) is 0. The van der Waals surface area contributed by atoms with Crippen LogP contribution in [-0.2, 0) is 22.8 Å². The van der Waals surface area contributed by atoms with Gasteiger partial charge in [0.25, 0.3) is 6.71 Å². The van der Waals surface area contributed by atoms with Gasteiger partial charge in [-0.25, -0.2) is 0 Å². The zero-order chi connectivity index (χ0) is 43.7. The van der Waals surface area contributed by atoms with Crippen LogP contribution < -0.4 is 31.1 Å². The third-order valence-electron chi connectivity index (χ3n) is 15.6. The van der Waals surface area contributed by atoms with Crippen molar-refractivity contribution >= 4 is 68.6 Å². The zero-order valence-electron chi connectivity index (χ0n) is 38.1. The maximum atomic E-state index is 2.78. The van der Waals surface area contributed by atoms with Gasteiger partial charge in [0.05, 0.1) is 11.2 Å². The molecule has 0 bridgehead atoms. The van der Waals surface area contributed by atoms with Crippen LogP contribution in [0.15, 0.2) is 176 Å². The molecule has 4 heteroatoms.